The number of amides is 1. The van der Waals surface area contributed by atoms with Gasteiger partial charge in [-0.05, 0) is 24.5 Å². The number of hydrogen-bond donors (Lipinski definition) is 3. The Kier molecular flexibility index (Phi) is 6.81. The second-order valence-electron chi connectivity index (χ2n) is 8.02. The monoisotopic (exact) mass is 427 g/mol. The molecule has 3 aromatic rings. The van der Waals surface area contributed by atoms with Crippen LogP contribution in [0.4, 0.5) is 10.3 Å². The SMILES string of the molecule is CCCC(Cc1c[nH]c2ccccc12)NC(=O)c1nc(N2CCN(CCF)CC2)n[nH]1. The molecule has 4 rings (SSSR count). The number of nitrogens with one attached hydrogen (secondary N) is 3. The van der Waals surface area contributed by atoms with Crippen molar-refractivity contribution >= 4 is 22.8 Å². The number of nitrogens with zero attached hydrogens (tertiary/aromatic N) is 4. The number of alkyl halides is 1. The van der Waals surface area contributed by atoms with Gasteiger partial charge in [0.2, 0.25) is 11.8 Å². The zero-order valence-electron chi connectivity index (χ0n) is 17.9. The normalized spacial score (nSPS) is 16.0. The molecule has 1 unspecified atom stereocenters. The molecular formula is C22H30FN7O. The Morgan fingerprint density at radius 2 is 2.06 bits per heavy atom. The second kappa shape index (κ2) is 9.91. The van der Waals surface area contributed by atoms with Gasteiger partial charge in [-0.3, -0.25) is 14.8 Å². The van der Waals surface area contributed by atoms with E-state index in [2.05, 4.69) is 49.4 Å². The molecule has 1 saturated heterocycles. The van der Waals surface area contributed by atoms with Crippen LogP contribution in [0.25, 0.3) is 10.9 Å². The van der Waals surface area contributed by atoms with Crippen molar-refractivity contribution in [1.29, 1.82) is 0 Å². The molecule has 1 aliphatic rings. The van der Waals surface area contributed by atoms with Gasteiger partial charge in [0.05, 0.1) is 0 Å². The summed E-state index contributed by atoms with van der Waals surface area (Å²) in [4.78, 5) is 24.7. The lowest BCUT2D eigenvalue weighted by Crippen LogP contribution is -2.47. The number of para-hydroxylation sites is 1. The number of anilines is 1. The summed E-state index contributed by atoms with van der Waals surface area (Å²) in [5.74, 6) is 0.503. The van der Waals surface area contributed by atoms with Gasteiger partial charge in [-0.25, -0.2) is 4.39 Å². The number of carbonyl (C=O) groups is 1. The fourth-order valence-corrected chi connectivity index (χ4v) is 4.18. The number of aromatic amines is 2. The van der Waals surface area contributed by atoms with Gasteiger partial charge in [-0.15, -0.1) is 5.10 Å². The summed E-state index contributed by atoms with van der Waals surface area (Å²) in [6.07, 6.45) is 4.62. The van der Waals surface area contributed by atoms with E-state index in [9.17, 15) is 9.18 Å². The maximum absolute atomic E-state index is 12.8. The van der Waals surface area contributed by atoms with E-state index in [0.29, 0.717) is 12.5 Å². The van der Waals surface area contributed by atoms with Gasteiger partial charge in [-0.2, -0.15) is 4.98 Å². The zero-order chi connectivity index (χ0) is 21.6. The number of H-pyrrole nitrogens is 2. The van der Waals surface area contributed by atoms with E-state index in [-0.39, 0.29) is 24.4 Å². The third-order valence-electron chi connectivity index (χ3n) is 5.86. The molecule has 0 aliphatic carbocycles. The molecule has 0 radical (unpaired) electrons. The topological polar surface area (TPSA) is 92.9 Å². The van der Waals surface area contributed by atoms with Crippen LogP contribution in [-0.2, 0) is 6.42 Å². The Morgan fingerprint density at radius 1 is 1.26 bits per heavy atom. The van der Waals surface area contributed by atoms with Gasteiger partial charge < -0.3 is 15.2 Å². The maximum atomic E-state index is 12.8. The number of rotatable bonds is 9. The fourth-order valence-electron chi connectivity index (χ4n) is 4.18. The van der Waals surface area contributed by atoms with E-state index >= 15 is 0 Å². The molecule has 1 aromatic carbocycles. The molecule has 0 spiro atoms. The highest BCUT2D eigenvalue weighted by molar-refractivity contribution is 5.91. The second-order valence-corrected chi connectivity index (χ2v) is 8.02. The first kappa shape index (κ1) is 21.3. The van der Waals surface area contributed by atoms with Crippen LogP contribution in [0.1, 0.15) is 35.9 Å². The smallest absolute Gasteiger partial charge is 0.288 e. The molecule has 9 heteroatoms. The molecule has 0 saturated carbocycles. The summed E-state index contributed by atoms with van der Waals surface area (Å²) >= 11 is 0. The van der Waals surface area contributed by atoms with Crippen LogP contribution in [0.5, 0.6) is 0 Å². The molecular weight excluding hydrogens is 397 g/mol. The number of aromatic nitrogens is 4. The summed E-state index contributed by atoms with van der Waals surface area (Å²) in [5.41, 5.74) is 2.30. The number of benzene rings is 1. The summed E-state index contributed by atoms with van der Waals surface area (Å²) < 4.78 is 12.5. The Balaban J connectivity index is 1.38. The largest absolute Gasteiger partial charge is 0.361 e. The minimum atomic E-state index is -0.331. The number of halogens is 1. The van der Waals surface area contributed by atoms with Gasteiger partial charge in [0, 0.05) is 55.9 Å². The van der Waals surface area contributed by atoms with E-state index in [1.54, 1.807) is 0 Å². The van der Waals surface area contributed by atoms with Crippen molar-refractivity contribution in [2.75, 3.05) is 44.3 Å². The first-order chi connectivity index (χ1) is 15.2. The quantitative estimate of drug-likeness (QED) is 0.488. The highest BCUT2D eigenvalue weighted by Crippen LogP contribution is 2.20. The van der Waals surface area contributed by atoms with Gasteiger partial charge >= 0.3 is 0 Å². The van der Waals surface area contributed by atoms with Gasteiger partial charge in [0.1, 0.15) is 6.67 Å². The lowest BCUT2D eigenvalue weighted by molar-refractivity contribution is 0.0924. The molecule has 1 amide bonds. The number of piperazine rings is 1. The molecule has 3 heterocycles. The minimum Gasteiger partial charge on any atom is -0.361 e. The number of carbonyl (C=O) groups excluding carboxylic acids is 1. The summed E-state index contributed by atoms with van der Waals surface area (Å²) in [5, 5.41) is 11.3. The predicted octanol–water partition coefficient (Wildman–Crippen LogP) is 2.52. The Morgan fingerprint density at radius 3 is 2.84 bits per heavy atom. The van der Waals surface area contributed by atoms with Gasteiger partial charge in [0.15, 0.2) is 0 Å². The van der Waals surface area contributed by atoms with Crippen LogP contribution in [0.2, 0.25) is 0 Å². The summed E-state index contributed by atoms with van der Waals surface area (Å²) in [6.45, 7) is 5.22. The van der Waals surface area contributed by atoms with Crippen LogP contribution in [-0.4, -0.2) is 76.4 Å². The third-order valence-corrected chi connectivity index (χ3v) is 5.86. The fraction of sp³-hybridized carbons (Fsp3) is 0.500. The molecule has 3 N–H and O–H groups in total. The van der Waals surface area contributed by atoms with Crippen molar-refractivity contribution < 1.29 is 9.18 Å². The van der Waals surface area contributed by atoms with Crippen LogP contribution in [0, 0.1) is 0 Å². The van der Waals surface area contributed by atoms with E-state index in [1.807, 2.05) is 23.2 Å². The minimum absolute atomic E-state index is 0.00880. The standard InChI is InChI=1S/C22H30FN7O/c1-2-5-17(14-16-15-24-19-7-4-3-6-18(16)19)25-21(31)20-26-22(28-27-20)30-12-10-29(9-8-23)11-13-30/h3-4,6-7,15,17,24H,2,5,8-14H2,1H3,(H,25,31)(H,26,27,28). The van der Waals surface area contributed by atoms with Crippen LogP contribution >= 0.6 is 0 Å². The van der Waals surface area contributed by atoms with Crippen LogP contribution < -0.4 is 10.2 Å². The molecule has 1 atom stereocenters. The van der Waals surface area contributed by atoms with Crippen LogP contribution in [0.3, 0.4) is 0 Å². The van der Waals surface area contributed by atoms with Gasteiger partial charge in [0.25, 0.3) is 5.91 Å². The molecule has 31 heavy (non-hydrogen) atoms. The van der Waals surface area contributed by atoms with Crippen molar-refractivity contribution in [3.63, 3.8) is 0 Å². The summed E-state index contributed by atoms with van der Waals surface area (Å²) in [6, 6.07) is 8.20. The zero-order valence-corrected chi connectivity index (χ0v) is 17.9. The average molecular weight is 428 g/mol. The lowest BCUT2D eigenvalue weighted by atomic mass is 10.0. The van der Waals surface area contributed by atoms with Crippen molar-refractivity contribution in [2.45, 2.75) is 32.2 Å². The van der Waals surface area contributed by atoms with E-state index in [1.165, 1.54) is 10.9 Å². The maximum Gasteiger partial charge on any atom is 0.288 e. The Bertz CT molecular complexity index is 993. The van der Waals surface area contributed by atoms with Gasteiger partial charge in [-0.1, -0.05) is 31.5 Å². The third kappa shape index (κ3) is 5.04. The Labute approximate surface area is 181 Å². The van der Waals surface area contributed by atoms with Crippen molar-refractivity contribution in [3.05, 3.63) is 41.9 Å². The molecule has 2 aromatic heterocycles. The molecule has 0 bridgehead atoms. The van der Waals surface area contributed by atoms with E-state index in [4.69, 9.17) is 0 Å². The Hall–Kier alpha value is -2.94. The van der Waals surface area contributed by atoms with Crippen molar-refractivity contribution in [2.24, 2.45) is 0 Å². The summed E-state index contributed by atoms with van der Waals surface area (Å²) in [7, 11) is 0. The highest BCUT2D eigenvalue weighted by Gasteiger charge is 2.23. The molecule has 166 valence electrons. The van der Waals surface area contributed by atoms with Crippen molar-refractivity contribution in [1.82, 2.24) is 30.4 Å². The van der Waals surface area contributed by atoms with Crippen molar-refractivity contribution in [3.8, 4) is 0 Å². The van der Waals surface area contributed by atoms with E-state index < -0.39 is 0 Å². The molecule has 1 aliphatic heterocycles. The highest BCUT2D eigenvalue weighted by atomic mass is 19.1. The molecule has 1 fully saturated rings. The average Bonchev–Trinajstić information content (AvgIpc) is 3.43. The first-order valence-electron chi connectivity index (χ1n) is 11.0. The van der Waals surface area contributed by atoms with Crippen LogP contribution in [0.15, 0.2) is 30.5 Å². The number of fused-ring (bicyclic) bond motifs is 1. The predicted molar refractivity (Wildman–Crippen MR) is 119 cm³/mol. The molecule has 8 nitrogen and oxygen atoms in total. The van der Waals surface area contributed by atoms with E-state index in [0.717, 1.165) is 51.0 Å². The first-order valence-corrected chi connectivity index (χ1v) is 11.0. The number of hydrogen-bond acceptors (Lipinski definition) is 5. The lowest BCUT2D eigenvalue weighted by Gasteiger charge is -2.33.